The van der Waals surface area contributed by atoms with E-state index >= 15 is 0 Å². The second kappa shape index (κ2) is 38.2. The van der Waals surface area contributed by atoms with Crippen LogP contribution in [0.15, 0.2) is 0 Å². The fourth-order valence-corrected chi connectivity index (χ4v) is 6.25. The highest BCUT2D eigenvalue weighted by Crippen LogP contribution is 2.14. The van der Waals surface area contributed by atoms with Crippen LogP contribution in [0.25, 0.3) is 0 Å². The topological polar surface area (TPSA) is 62.2 Å². The molecule has 2 unspecified atom stereocenters. The molecular formula is C40H83NO4. The Hall–Kier alpha value is -0.200. The summed E-state index contributed by atoms with van der Waals surface area (Å²) in [6.45, 7) is 11.1. The highest BCUT2D eigenvalue weighted by Gasteiger charge is 2.16. The molecule has 0 radical (unpaired) electrons. The number of unbranched alkanes of at least 4 members (excludes halogenated alkanes) is 25. The molecule has 0 saturated heterocycles. The van der Waals surface area contributed by atoms with Gasteiger partial charge in [-0.2, -0.15) is 0 Å². The molecule has 0 heterocycles. The van der Waals surface area contributed by atoms with E-state index in [1.807, 2.05) is 0 Å². The van der Waals surface area contributed by atoms with Crippen molar-refractivity contribution in [2.75, 3.05) is 46.1 Å². The molecule has 0 aromatic heterocycles. The third-order valence-corrected chi connectivity index (χ3v) is 9.17. The van der Waals surface area contributed by atoms with Crippen LogP contribution >= 0.6 is 0 Å². The predicted molar refractivity (Wildman–Crippen MR) is 196 cm³/mol. The summed E-state index contributed by atoms with van der Waals surface area (Å²) in [7, 11) is 0. The molecule has 5 nitrogen and oxygen atoms in total. The van der Waals surface area contributed by atoms with Crippen molar-refractivity contribution in [3.8, 4) is 0 Å². The number of ether oxygens (including phenoxy) is 2. The van der Waals surface area contributed by atoms with E-state index in [4.69, 9.17) is 9.47 Å². The van der Waals surface area contributed by atoms with Crippen molar-refractivity contribution >= 4 is 0 Å². The molecule has 2 atom stereocenters. The van der Waals surface area contributed by atoms with Gasteiger partial charge in [0.2, 0.25) is 0 Å². The Morgan fingerprint density at radius 3 is 0.956 bits per heavy atom. The molecule has 0 bridgehead atoms. The fraction of sp³-hybridized carbons (Fsp3) is 1.00. The first-order valence-electron chi connectivity index (χ1n) is 20.4. The lowest BCUT2D eigenvalue weighted by Gasteiger charge is -2.27. The highest BCUT2D eigenvalue weighted by atomic mass is 16.5. The number of aliphatic hydroxyl groups is 2. The van der Waals surface area contributed by atoms with Gasteiger partial charge in [0.1, 0.15) is 0 Å². The van der Waals surface area contributed by atoms with Gasteiger partial charge in [-0.25, -0.2) is 0 Å². The smallest absolute Gasteiger partial charge is 0.0900 e. The van der Waals surface area contributed by atoms with E-state index in [9.17, 15) is 10.2 Å². The molecule has 0 saturated carbocycles. The van der Waals surface area contributed by atoms with E-state index in [0.29, 0.717) is 26.3 Å². The van der Waals surface area contributed by atoms with Crippen LogP contribution in [-0.2, 0) is 9.47 Å². The Morgan fingerprint density at radius 2 is 0.644 bits per heavy atom. The maximum atomic E-state index is 10.7. The Labute approximate surface area is 283 Å². The van der Waals surface area contributed by atoms with Crippen molar-refractivity contribution in [2.24, 2.45) is 0 Å². The lowest BCUT2D eigenvalue weighted by atomic mass is 10.0. The second-order valence-electron chi connectivity index (χ2n) is 14.1. The van der Waals surface area contributed by atoms with Crippen molar-refractivity contribution < 1.29 is 19.7 Å². The molecule has 272 valence electrons. The first-order chi connectivity index (χ1) is 22.1. The van der Waals surface area contributed by atoms with Gasteiger partial charge in [-0.1, -0.05) is 181 Å². The monoisotopic (exact) mass is 642 g/mol. The molecule has 0 rings (SSSR count). The van der Waals surface area contributed by atoms with Crippen molar-refractivity contribution in [2.45, 2.75) is 213 Å². The summed E-state index contributed by atoms with van der Waals surface area (Å²) in [4.78, 5) is 2.24. The minimum atomic E-state index is -0.512. The summed E-state index contributed by atoms with van der Waals surface area (Å²) in [5, 5.41) is 21.4. The molecule has 5 heteroatoms. The molecule has 2 N–H and O–H groups in total. The summed E-state index contributed by atoms with van der Waals surface area (Å²) in [5.41, 5.74) is 0. The lowest BCUT2D eigenvalue weighted by Crippen LogP contribution is -2.41. The van der Waals surface area contributed by atoms with Gasteiger partial charge in [0, 0.05) is 26.3 Å². The zero-order valence-electron chi connectivity index (χ0n) is 31.1. The minimum absolute atomic E-state index is 0.384. The number of rotatable bonds is 39. The largest absolute Gasteiger partial charge is 0.389 e. The third kappa shape index (κ3) is 36.5. The van der Waals surface area contributed by atoms with E-state index in [2.05, 4.69) is 25.7 Å². The Kier molecular flexibility index (Phi) is 38.1. The number of hydrogen-bond donors (Lipinski definition) is 2. The molecule has 0 aliphatic carbocycles. The van der Waals surface area contributed by atoms with E-state index in [1.165, 1.54) is 161 Å². The molecule has 0 aliphatic rings. The van der Waals surface area contributed by atoms with Gasteiger partial charge in [-0.3, -0.25) is 4.90 Å². The van der Waals surface area contributed by atoms with Crippen LogP contribution in [0.3, 0.4) is 0 Å². The fourth-order valence-electron chi connectivity index (χ4n) is 6.25. The molecule has 0 aliphatic heterocycles. The van der Waals surface area contributed by atoms with Crippen LogP contribution in [0.1, 0.15) is 201 Å². The van der Waals surface area contributed by atoms with Crippen molar-refractivity contribution in [1.82, 2.24) is 4.90 Å². The zero-order valence-corrected chi connectivity index (χ0v) is 31.1. The number of aliphatic hydroxyl groups excluding tert-OH is 2. The molecule has 0 aromatic rings. The molecule has 0 amide bonds. The van der Waals surface area contributed by atoms with Crippen molar-refractivity contribution in [3.63, 3.8) is 0 Å². The molecule has 0 aromatic carbocycles. The van der Waals surface area contributed by atoms with E-state index in [1.54, 1.807) is 0 Å². The highest BCUT2D eigenvalue weighted by molar-refractivity contribution is 4.69. The van der Waals surface area contributed by atoms with Crippen molar-refractivity contribution in [3.05, 3.63) is 0 Å². The average Bonchev–Trinajstić information content (AvgIpc) is 3.03. The third-order valence-electron chi connectivity index (χ3n) is 9.17. The lowest BCUT2D eigenvalue weighted by molar-refractivity contribution is -0.0113. The predicted octanol–water partition coefficient (Wildman–Crippen LogP) is 11.0. The van der Waals surface area contributed by atoms with Crippen LogP contribution < -0.4 is 0 Å². The maximum Gasteiger partial charge on any atom is 0.0900 e. The summed E-state index contributed by atoms with van der Waals surface area (Å²) in [6.07, 6.45) is 35.9. The first-order valence-corrected chi connectivity index (χ1v) is 20.4. The van der Waals surface area contributed by atoms with E-state index < -0.39 is 12.2 Å². The minimum Gasteiger partial charge on any atom is -0.389 e. The molecule has 45 heavy (non-hydrogen) atoms. The van der Waals surface area contributed by atoms with Crippen LogP contribution in [0.2, 0.25) is 0 Å². The van der Waals surface area contributed by atoms with Crippen LogP contribution in [-0.4, -0.2) is 73.4 Å². The molecule has 0 spiro atoms. The normalized spacial score (nSPS) is 13.2. The van der Waals surface area contributed by atoms with Gasteiger partial charge < -0.3 is 19.7 Å². The summed E-state index contributed by atoms with van der Waals surface area (Å²) in [5.74, 6) is 0. The standard InChI is InChI=1S/C40H83NO4/c1-4-7-10-13-16-17-18-19-20-21-22-23-24-25-26-29-32-41(35-39(42)37-44-33-30-27-14-11-8-5-2)36-40(43)38-45-34-31-28-15-12-9-6-3/h39-40,42-43H,4-38H2,1-3H3. The average molecular weight is 642 g/mol. The Balaban J connectivity index is 4.11. The van der Waals surface area contributed by atoms with Crippen LogP contribution in [0.5, 0.6) is 0 Å². The number of hydrogen-bond acceptors (Lipinski definition) is 5. The van der Waals surface area contributed by atoms with Gasteiger partial charge in [0.15, 0.2) is 0 Å². The van der Waals surface area contributed by atoms with Crippen LogP contribution in [0.4, 0.5) is 0 Å². The molecule has 0 fully saturated rings. The van der Waals surface area contributed by atoms with Gasteiger partial charge in [-0.15, -0.1) is 0 Å². The Bertz CT molecular complexity index is 506. The summed E-state index contributed by atoms with van der Waals surface area (Å²) < 4.78 is 11.6. The van der Waals surface area contributed by atoms with Gasteiger partial charge in [0.25, 0.3) is 0 Å². The zero-order chi connectivity index (χ0) is 32.9. The van der Waals surface area contributed by atoms with Crippen molar-refractivity contribution in [1.29, 1.82) is 0 Å². The summed E-state index contributed by atoms with van der Waals surface area (Å²) >= 11 is 0. The first kappa shape index (κ1) is 44.8. The maximum absolute atomic E-state index is 10.7. The van der Waals surface area contributed by atoms with E-state index in [-0.39, 0.29) is 0 Å². The summed E-state index contributed by atoms with van der Waals surface area (Å²) in [6, 6.07) is 0. The molecular weight excluding hydrogens is 558 g/mol. The second-order valence-corrected chi connectivity index (χ2v) is 14.1. The van der Waals surface area contributed by atoms with Gasteiger partial charge in [0.05, 0.1) is 25.4 Å². The van der Waals surface area contributed by atoms with E-state index in [0.717, 1.165) is 39.0 Å². The van der Waals surface area contributed by atoms with Gasteiger partial charge >= 0.3 is 0 Å². The number of nitrogens with zero attached hydrogens (tertiary/aromatic N) is 1. The van der Waals surface area contributed by atoms with Crippen LogP contribution in [0, 0.1) is 0 Å². The quantitative estimate of drug-likeness (QED) is 0.0654. The Morgan fingerprint density at radius 1 is 0.378 bits per heavy atom. The SMILES string of the molecule is CCCCCCCCCCCCCCCCCCN(CC(O)COCCCCCCCC)CC(O)COCCCCCCCC. The van der Waals surface area contributed by atoms with Gasteiger partial charge in [-0.05, 0) is 25.8 Å².